The first-order chi connectivity index (χ1) is 11.0. The summed E-state index contributed by atoms with van der Waals surface area (Å²) >= 11 is 0. The highest BCUT2D eigenvalue weighted by atomic mass is 35.5. The van der Waals surface area contributed by atoms with E-state index < -0.39 is 0 Å². The Balaban J connectivity index is 0.00000208. The summed E-state index contributed by atoms with van der Waals surface area (Å²) in [7, 11) is 1.66. The summed E-state index contributed by atoms with van der Waals surface area (Å²) in [5.74, 6) is 1.35. The average molecular weight is 346 g/mol. The summed E-state index contributed by atoms with van der Waals surface area (Å²) in [5, 5.41) is 0.772. The third-order valence-corrected chi connectivity index (χ3v) is 4.01. The second kappa shape index (κ2) is 6.88. The third-order valence-electron chi connectivity index (χ3n) is 4.01. The molecule has 126 valence electrons. The summed E-state index contributed by atoms with van der Waals surface area (Å²) in [6, 6.07) is 7.99. The second-order valence-corrected chi connectivity index (χ2v) is 5.49. The Hall–Kier alpha value is -2.60. The molecule has 24 heavy (non-hydrogen) atoms. The highest BCUT2D eigenvalue weighted by Crippen LogP contribution is 2.28. The number of aromatic nitrogens is 3. The van der Waals surface area contributed by atoms with Crippen LogP contribution in [0.5, 0.6) is 5.75 Å². The highest BCUT2D eigenvalue weighted by Gasteiger charge is 2.14. The van der Waals surface area contributed by atoms with Gasteiger partial charge in [-0.3, -0.25) is 0 Å². The predicted octanol–water partition coefficient (Wildman–Crippen LogP) is 2.83. The van der Waals surface area contributed by atoms with E-state index in [9.17, 15) is 0 Å². The zero-order valence-electron chi connectivity index (χ0n) is 13.8. The number of nitrogen functional groups attached to an aromatic ring is 2. The molecule has 6 nitrogen and oxygen atoms in total. The van der Waals surface area contributed by atoms with Crippen LogP contribution in [0.1, 0.15) is 22.4 Å². The lowest BCUT2D eigenvalue weighted by molar-refractivity contribution is 0.414. The van der Waals surface area contributed by atoms with Crippen molar-refractivity contribution in [3.8, 4) is 5.75 Å². The number of fused-ring (bicyclic) bond motifs is 1. The zero-order chi connectivity index (χ0) is 16.6. The van der Waals surface area contributed by atoms with Crippen LogP contribution in [0.15, 0.2) is 24.3 Å². The molecule has 0 bridgehead atoms. The SMILES string of the molecule is COc1ccc(Cc2c(C)nc3nc(N)nc(N)c3c2C)cc1.Cl. The number of ether oxygens (including phenoxy) is 1. The van der Waals surface area contributed by atoms with Crippen molar-refractivity contribution in [3.05, 3.63) is 46.6 Å². The van der Waals surface area contributed by atoms with Gasteiger partial charge in [-0.05, 0) is 49.1 Å². The zero-order valence-corrected chi connectivity index (χ0v) is 14.6. The van der Waals surface area contributed by atoms with Crippen LogP contribution >= 0.6 is 12.4 Å². The Morgan fingerprint density at radius 2 is 1.67 bits per heavy atom. The highest BCUT2D eigenvalue weighted by molar-refractivity contribution is 5.90. The molecule has 2 aromatic heterocycles. The van der Waals surface area contributed by atoms with Crippen molar-refractivity contribution in [2.75, 3.05) is 18.6 Å². The number of anilines is 2. The molecular formula is C17H20ClN5O. The van der Waals surface area contributed by atoms with E-state index in [1.54, 1.807) is 7.11 Å². The summed E-state index contributed by atoms with van der Waals surface area (Å²) in [4.78, 5) is 12.8. The number of pyridine rings is 1. The predicted molar refractivity (Wildman–Crippen MR) is 98.7 cm³/mol. The van der Waals surface area contributed by atoms with Gasteiger partial charge in [-0.2, -0.15) is 9.97 Å². The molecular weight excluding hydrogens is 326 g/mol. The second-order valence-electron chi connectivity index (χ2n) is 5.49. The molecule has 3 aromatic rings. The van der Waals surface area contributed by atoms with Crippen molar-refractivity contribution in [2.24, 2.45) is 0 Å². The van der Waals surface area contributed by atoms with Gasteiger partial charge < -0.3 is 16.2 Å². The van der Waals surface area contributed by atoms with E-state index in [-0.39, 0.29) is 18.4 Å². The number of nitrogens with zero attached hydrogens (tertiary/aromatic N) is 3. The molecule has 7 heteroatoms. The molecule has 0 fully saturated rings. The van der Waals surface area contributed by atoms with Crippen molar-refractivity contribution in [1.29, 1.82) is 0 Å². The maximum absolute atomic E-state index is 6.02. The van der Waals surface area contributed by atoms with Crippen molar-refractivity contribution in [3.63, 3.8) is 0 Å². The smallest absolute Gasteiger partial charge is 0.224 e. The maximum atomic E-state index is 6.02. The molecule has 0 saturated heterocycles. The summed E-state index contributed by atoms with van der Waals surface area (Å²) in [6.45, 7) is 3.99. The molecule has 1 aromatic carbocycles. The summed E-state index contributed by atoms with van der Waals surface area (Å²) in [5.41, 5.74) is 16.5. The minimum atomic E-state index is 0. The first-order valence-corrected chi connectivity index (χ1v) is 7.31. The number of rotatable bonds is 3. The van der Waals surface area contributed by atoms with Crippen LogP contribution in [-0.2, 0) is 6.42 Å². The van der Waals surface area contributed by atoms with Crippen molar-refractivity contribution in [1.82, 2.24) is 15.0 Å². The fourth-order valence-corrected chi connectivity index (χ4v) is 2.78. The lowest BCUT2D eigenvalue weighted by Crippen LogP contribution is -2.07. The largest absolute Gasteiger partial charge is 0.497 e. The Morgan fingerprint density at radius 1 is 1.00 bits per heavy atom. The first-order valence-electron chi connectivity index (χ1n) is 7.31. The van der Waals surface area contributed by atoms with Crippen LogP contribution in [0.3, 0.4) is 0 Å². The van der Waals surface area contributed by atoms with Gasteiger partial charge in [0.25, 0.3) is 0 Å². The van der Waals surface area contributed by atoms with Gasteiger partial charge in [0.1, 0.15) is 11.6 Å². The van der Waals surface area contributed by atoms with E-state index in [0.29, 0.717) is 11.5 Å². The molecule has 4 N–H and O–H groups in total. The molecule has 0 saturated carbocycles. The average Bonchev–Trinajstić information content (AvgIpc) is 2.51. The van der Waals surface area contributed by atoms with Crippen LogP contribution in [0.2, 0.25) is 0 Å². The third kappa shape index (κ3) is 3.19. The molecule has 0 aliphatic carbocycles. The van der Waals surface area contributed by atoms with Gasteiger partial charge in [0.05, 0.1) is 12.5 Å². The number of nitrogens with two attached hydrogens (primary N) is 2. The molecule has 2 heterocycles. The fraction of sp³-hybridized carbons (Fsp3) is 0.235. The van der Waals surface area contributed by atoms with Crippen molar-refractivity contribution < 1.29 is 4.74 Å². The number of hydrogen-bond acceptors (Lipinski definition) is 6. The van der Waals surface area contributed by atoms with Crippen molar-refractivity contribution >= 4 is 35.2 Å². The quantitative estimate of drug-likeness (QED) is 0.757. The van der Waals surface area contributed by atoms with Gasteiger partial charge in [-0.25, -0.2) is 4.98 Å². The summed E-state index contributed by atoms with van der Waals surface area (Å²) in [6.07, 6.45) is 0.758. The standard InChI is InChI=1S/C17H19N5O.ClH/c1-9-13(8-11-4-6-12(23-3)7-5-11)10(2)20-16-14(9)15(18)21-17(19)22-16;/h4-7H,8H2,1-3H3,(H4,18,19,20,21,22);1H. The van der Waals surface area contributed by atoms with Gasteiger partial charge in [-0.1, -0.05) is 12.1 Å². The van der Waals surface area contributed by atoms with Gasteiger partial charge in [0.15, 0.2) is 5.65 Å². The lowest BCUT2D eigenvalue weighted by atomic mass is 9.97. The lowest BCUT2D eigenvalue weighted by Gasteiger charge is -2.13. The molecule has 0 atom stereocenters. The normalized spacial score (nSPS) is 10.5. The van der Waals surface area contributed by atoms with Crippen LogP contribution in [-0.4, -0.2) is 22.1 Å². The van der Waals surface area contributed by atoms with Gasteiger partial charge in [0.2, 0.25) is 5.95 Å². The van der Waals surface area contributed by atoms with Crippen LogP contribution in [0.4, 0.5) is 11.8 Å². The summed E-state index contributed by atoms with van der Waals surface area (Å²) < 4.78 is 5.19. The minimum absolute atomic E-state index is 0. The van der Waals surface area contributed by atoms with Crippen LogP contribution in [0, 0.1) is 13.8 Å². The van der Waals surface area contributed by atoms with E-state index in [2.05, 4.69) is 15.0 Å². The van der Waals surface area contributed by atoms with Gasteiger partial charge in [-0.15, -0.1) is 12.4 Å². The Morgan fingerprint density at radius 3 is 2.29 bits per heavy atom. The number of benzene rings is 1. The molecule has 0 aliphatic heterocycles. The maximum Gasteiger partial charge on any atom is 0.224 e. The van der Waals surface area contributed by atoms with Crippen molar-refractivity contribution in [2.45, 2.75) is 20.3 Å². The minimum Gasteiger partial charge on any atom is -0.497 e. The molecule has 0 radical (unpaired) electrons. The van der Waals surface area contributed by atoms with E-state index in [0.717, 1.165) is 34.4 Å². The van der Waals surface area contributed by atoms with Crippen LogP contribution in [0.25, 0.3) is 11.0 Å². The number of hydrogen-bond donors (Lipinski definition) is 2. The number of aryl methyl sites for hydroxylation is 2. The Bertz CT molecular complexity index is 881. The number of halogens is 1. The van der Waals surface area contributed by atoms with E-state index in [4.69, 9.17) is 16.2 Å². The van der Waals surface area contributed by atoms with E-state index >= 15 is 0 Å². The number of methoxy groups -OCH3 is 1. The van der Waals surface area contributed by atoms with Gasteiger partial charge in [0, 0.05) is 5.69 Å². The Labute approximate surface area is 146 Å². The van der Waals surface area contributed by atoms with E-state index in [1.807, 2.05) is 38.1 Å². The van der Waals surface area contributed by atoms with E-state index in [1.165, 1.54) is 5.56 Å². The molecule has 0 spiro atoms. The molecule has 0 aliphatic rings. The molecule has 3 rings (SSSR count). The topological polar surface area (TPSA) is 99.9 Å². The molecule has 0 unspecified atom stereocenters. The first kappa shape index (κ1) is 17.7. The Kier molecular flexibility index (Phi) is 5.09. The monoisotopic (exact) mass is 345 g/mol. The van der Waals surface area contributed by atoms with Gasteiger partial charge >= 0.3 is 0 Å². The van der Waals surface area contributed by atoms with Crippen LogP contribution < -0.4 is 16.2 Å². The fourth-order valence-electron chi connectivity index (χ4n) is 2.78. The molecule has 0 amide bonds.